The summed E-state index contributed by atoms with van der Waals surface area (Å²) in [5, 5.41) is 12.3. The molecule has 29 heavy (non-hydrogen) atoms. The summed E-state index contributed by atoms with van der Waals surface area (Å²) < 4.78 is 14.6. The molecule has 1 heterocycles. The summed E-state index contributed by atoms with van der Waals surface area (Å²) in [5.74, 6) is 0.647. The second kappa shape index (κ2) is 10.4. The van der Waals surface area contributed by atoms with Crippen molar-refractivity contribution in [3.63, 3.8) is 0 Å². The smallest absolute Gasteiger partial charge is 0.0852 e. The monoisotopic (exact) mass is 407 g/mol. The van der Waals surface area contributed by atoms with Crippen molar-refractivity contribution in [3.8, 4) is 0 Å². The van der Waals surface area contributed by atoms with Crippen LogP contribution in [0.4, 0.5) is 0 Å². The molecule has 1 aromatic rings. The van der Waals surface area contributed by atoms with E-state index < -0.39 is 0 Å². The Morgan fingerprint density at radius 3 is 2.21 bits per heavy atom. The average molecular weight is 408 g/mol. The molecular weight excluding hydrogens is 366 g/mol. The van der Waals surface area contributed by atoms with E-state index >= 15 is 0 Å². The van der Waals surface area contributed by atoms with E-state index in [0.29, 0.717) is 11.8 Å². The van der Waals surface area contributed by atoms with Gasteiger partial charge in [0.05, 0.1) is 42.2 Å². The fraction of sp³-hybridized carbons (Fsp3) is 0.818. The number of aromatic nitrogens is 3. The van der Waals surface area contributed by atoms with Gasteiger partial charge >= 0.3 is 0 Å². The molecule has 166 valence electrons. The van der Waals surface area contributed by atoms with Crippen LogP contribution < -0.4 is 11.1 Å². The zero-order valence-corrected chi connectivity index (χ0v) is 19.4. The molecule has 4 atom stereocenters. The van der Waals surface area contributed by atoms with E-state index in [0.717, 1.165) is 24.2 Å². The van der Waals surface area contributed by atoms with Crippen molar-refractivity contribution >= 4 is 0 Å². The zero-order chi connectivity index (χ0) is 21.7. The molecule has 0 saturated heterocycles. The highest BCUT2D eigenvalue weighted by molar-refractivity contribution is 5.04. The summed E-state index contributed by atoms with van der Waals surface area (Å²) in [6.07, 6.45) is 5.96. The van der Waals surface area contributed by atoms with Gasteiger partial charge in [0.25, 0.3) is 0 Å². The molecule has 1 aliphatic carbocycles. The van der Waals surface area contributed by atoms with E-state index in [2.05, 4.69) is 77.2 Å². The molecule has 4 unspecified atom stereocenters. The Morgan fingerprint density at radius 2 is 1.69 bits per heavy atom. The minimum Gasteiger partial charge on any atom is -0.401 e. The minimum absolute atomic E-state index is 0.0231. The second-order valence-corrected chi connectivity index (χ2v) is 9.34. The molecule has 0 spiro atoms. The van der Waals surface area contributed by atoms with Gasteiger partial charge in [0.15, 0.2) is 0 Å². The summed E-state index contributed by atoms with van der Waals surface area (Å²) in [5.41, 5.74) is 7.99. The lowest BCUT2D eigenvalue weighted by atomic mass is 9.85. The Kier molecular flexibility index (Phi) is 8.52. The molecule has 1 saturated carbocycles. The highest BCUT2D eigenvalue weighted by Gasteiger charge is 2.40. The van der Waals surface area contributed by atoms with Crippen LogP contribution in [0.1, 0.15) is 85.9 Å². The molecule has 2 rings (SSSR count). The van der Waals surface area contributed by atoms with Crippen molar-refractivity contribution in [1.29, 1.82) is 0 Å². The molecule has 1 fully saturated rings. The number of hydrogen-bond acceptors (Lipinski definition) is 6. The van der Waals surface area contributed by atoms with Gasteiger partial charge in [-0.1, -0.05) is 32.9 Å². The Morgan fingerprint density at radius 1 is 1.07 bits per heavy atom. The quantitative estimate of drug-likeness (QED) is 0.648. The summed E-state index contributed by atoms with van der Waals surface area (Å²) in [6, 6.07) is 0.216. The molecule has 1 aliphatic rings. The van der Waals surface area contributed by atoms with Crippen LogP contribution in [0.25, 0.3) is 0 Å². The molecule has 1 aromatic heterocycles. The van der Waals surface area contributed by atoms with Crippen LogP contribution in [0, 0.1) is 5.92 Å². The van der Waals surface area contributed by atoms with E-state index in [1.165, 1.54) is 0 Å². The van der Waals surface area contributed by atoms with Crippen LogP contribution in [0.5, 0.6) is 0 Å². The SMILES string of the molecule is CC(C)OC1CC(n2cc(C(C)C)nn2)C(OC(C)C)CC1N/C=C(\N)C(C)C. The van der Waals surface area contributed by atoms with Crippen molar-refractivity contribution in [2.75, 3.05) is 0 Å². The maximum absolute atomic E-state index is 6.33. The van der Waals surface area contributed by atoms with Crippen molar-refractivity contribution in [1.82, 2.24) is 20.3 Å². The number of nitrogens with one attached hydrogen (secondary N) is 1. The summed E-state index contributed by atoms with van der Waals surface area (Å²) >= 11 is 0. The molecular formula is C22H41N5O2. The summed E-state index contributed by atoms with van der Waals surface area (Å²) in [7, 11) is 0. The Balaban J connectivity index is 2.28. The first kappa shape index (κ1) is 23.7. The van der Waals surface area contributed by atoms with Gasteiger partial charge in [0, 0.05) is 24.5 Å². The molecule has 7 heteroatoms. The van der Waals surface area contributed by atoms with E-state index in [1.807, 2.05) is 10.9 Å². The van der Waals surface area contributed by atoms with E-state index in [4.69, 9.17) is 15.2 Å². The number of nitrogens with two attached hydrogens (primary N) is 1. The number of allylic oxidation sites excluding steroid dienone is 1. The van der Waals surface area contributed by atoms with Crippen LogP contribution in [-0.2, 0) is 9.47 Å². The lowest BCUT2D eigenvalue weighted by Gasteiger charge is -2.42. The fourth-order valence-electron chi connectivity index (χ4n) is 3.65. The van der Waals surface area contributed by atoms with E-state index in [1.54, 1.807) is 0 Å². The zero-order valence-electron chi connectivity index (χ0n) is 19.4. The van der Waals surface area contributed by atoms with Crippen LogP contribution in [-0.4, -0.2) is 45.5 Å². The van der Waals surface area contributed by atoms with Gasteiger partial charge < -0.3 is 20.5 Å². The lowest BCUT2D eigenvalue weighted by molar-refractivity contribution is -0.105. The summed E-state index contributed by atoms with van der Waals surface area (Å²) in [6.45, 7) is 16.8. The van der Waals surface area contributed by atoms with Gasteiger partial charge in [-0.25, -0.2) is 4.68 Å². The normalized spacial score (nSPS) is 26.1. The van der Waals surface area contributed by atoms with E-state index in [9.17, 15) is 0 Å². The van der Waals surface area contributed by atoms with Crippen LogP contribution in [0.15, 0.2) is 18.1 Å². The molecule has 7 nitrogen and oxygen atoms in total. The maximum Gasteiger partial charge on any atom is 0.0852 e. The Bertz CT molecular complexity index is 653. The Labute approximate surface area is 176 Å². The van der Waals surface area contributed by atoms with Crippen LogP contribution in [0.2, 0.25) is 0 Å². The standard InChI is InChI=1S/C22H41N5O2/c1-13(2)17(23)11-24-18-9-22(29-16(7)8)20(10-21(18)28-15(5)6)27-12-19(14(3)4)25-26-27/h11-16,18,20-22,24H,9-10,23H2,1-8H3/b17-11-. The van der Waals surface area contributed by atoms with Gasteiger partial charge in [0.1, 0.15) is 0 Å². The van der Waals surface area contributed by atoms with Gasteiger partial charge in [-0.3, -0.25) is 0 Å². The van der Waals surface area contributed by atoms with Crippen LogP contribution in [0.3, 0.4) is 0 Å². The van der Waals surface area contributed by atoms with Crippen molar-refractivity contribution < 1.29 is 9.47 Å². The predicted molar refractivity (Wildman–Crippen MR) is 116 cm³/mol. The maximum atomic E-state index is 6.33. The van der Waals surface area contributed by atoms with Gasteiger partial charge in [0.2, 0.25) is 0 Å². The third-order valence-corrected chi connectivity index (χ3v) is 5.32. The second-order valence-electron chi connectivity index (χ2n) is 9.34. The molecule has 3 N–H and O–H groups in total. The van der Waals surface area contributed by atoms with E-state index in [-0.39, 0.29) is 36.5 Å². The minimum atomic E-state index is 0.0231. The molecule has 0 radical (unpaired) electrons. The number of nitrogens with zero attached hydrogens (tertiary/aromatic N) is 3. The average Bonchev–Trinajstić information content (AvgIpc) is 3.10. The van der Waals surface area contributed by atoms with Gasteiger partial charge in [-0.05, 0) is 46.0 Å². The first-order chi connectivity index (χ1) is 13.6. The largest absolute Gasteiger partial charge is 0.401 e. The number of rotatable bonds is 9. The fourth-order valence-corrected chi connectivity index (χ4v) is 3.65. The van der Waals surface area contributed by atoms with Gasteiger partial charge in [-0.15, -0.1) is 5.10 Å². The Hall–Kier alpha value is -1.60. The van der Waals surface area contributed by atoms with Crippen molar-refractivity contribution in [2.45, 2.75) is 111 Å². The molecule has 0 amide bonds. The molecule has 0 aromatic carbocycles. The van der Waals surface area contributed by atoms with Crippen LogP contribution >= 0.6 is 0 Å². The van der Waals surface area contributed by atoms with Crippen molar-refractivity contribution in [3.05, 3.63) is 23.8 Å². The van der Waals surface area contributed by atoms with Gasteiger partial charge in [-0.2, -0.15) is 0 Å². The number of ether oxygens (including phenoxy) is 2. The summed E-state index contributed by atoms with van der Waals surface area (Å²) in [4.78, 5) is 0. The predicted octanol–water partition coefficient (Wildman–Crippen LogP) is 3.74. The third kappa shape index (κ3) is 6.71. The first-order valence-corrected chi connectivity index (χ1v) is 11.0. The third-order valence-electron chi connectivity index (χ3n) is 5.32. The lowest BCUT2D eigenvalue weighted by Crippen LogP contribution is -2.51. The van der Waals surface area contributed by atoms with Crippen molar-refractivity contribution in [2.24, 2.45) is 11.7 Å². The molecule has 0 bridgehead atoms. The first-order valence-electron chi connectivity index (χ1n) is 11.0. The molecule has 0 aliphatic heterocycles. The highest BCUT2D eigenvalue weighted by Crippen LogP contribution is 2.34. The number of hydrogen-bond donors (Lipinski definition) is 2. The topological polar surface area (TPSA) is 87.2 Å². The highest BCUT2D eigenvalue weighted by atomic mass is 16.5.